The minimum absolute atomic E-state index is 0.0785. The highest BCUT2D eigenvalue weighted by atomic mass is 19.4. The van der Waals surface area contributed by atoms with Crippen LogP contribution in [-0.2, 0) is 6.18 Å². The van der Waals surface area contributed by atoms with Crippen molar-refractivity contribution in [2.24, 2.45) is 0 Å². The highest BCUT2D eigenvalue weighted by Crippen LogP contribution is 2.29. The Labute approximate surface area is 86.9 Å². The number of hydrogen-bond donors (Lipinski definition) is 0. The molecule has 0 radical (unpaired) electrons. The van der Waals surface area contributed by atoms with Gasteiger partial charge in [0.1, 0.15) is 6.29 Å². The van der Waals surface area contributed by atoms with Crippen LogP contribution in [-0.4, -0.2) is 6.29 Å². The average Bonchev–Trinajstić information content (AvgIpc) is 2.20. The molecule has 0 unspecified atom stereocenters. The zero-order valence-corrected chi connectivity index (χ0v) is 8.85. The maximum atomic E-state index is 12.1. The first-order valence-electron chi connectivity index (χ1n) is 4.58. The van der Waals surface area contributed by atoms with Gasteiger partial charge in [0, 0.05) is 5.56 Å². The molecule has 0 aliphatic carbocycles. The molecular formula is C11H13F3O. The number of hydrogen-bond acceptors (Lipinski definition) is 1. The number of alkyl halides is 3. The van der Waals surface area contributed by atoms with Crippen molar-refractivity contribution < 1.29 is 18.0 Å². The number of carbonyl (C=O) groups excluding carboxylic acids is 1. The van der Waals surface area contributed by atoms with Crippen LogP contribution < -0.4 is 0 Å². The van der Waals surface area contributed by atoms with Gasteiger partial charge in [-0.3, -0.25) is 4.79 Å². The molecule has 0 saturated carbocycles. The van der Waals surface area contributed by atoms with E-state index in [0.717, 1.165) is 12.1 Å². The third-order valence-electron chi connectivity index (χ3n) is 1.73. The van der Waals surface area contributed by atoms with Crippen molar-refractivity contribution in [3.05, 3.63) is 34.9 Å². The van der Waals surface area contributed by atoms with Crippen LogP contribution in [0.1, 0.15) is 35.3 Å². The highest BCUT2D eigenvalue weighted by Gasteiger charge is 2.30. The number of aldehydes is 1. The zero-order chi connectivity index (χ0) is 12.1. The first-order chi connectivity index (χ1) is 6.95. The molecule has 0 heterocycles. The molecule has 1 rings (SSSR count). The van der Waals surface area contributed by atoms with E-state index in [1.807, 2.05) is 13.8 Å². The molecule has 1 aromatic carbocycles. The Morgan fingerprint density at radius 2 is 1.73 bits per heavy atom. The van der Waals surface area contributed by atoms with Gasteiger partial charge in [-0.05, 0) is 24.6 Å². The molecule has 0 saturated heterocycles. The normalized spacial score (nSPS) is 10.3. The summed E-state index contributed by atoms with van der Waals surface area (Å²) in [6.07, 6.45) is -3.96. The maximum Gasteiger partial charge on any atom is 0.416 e. The lowest BCUT2D eigenvalue weighted by molar-refractivity contribution is -0.137. The molecule has 1 nitrogen and oxygen atoms in total. The summed E-state index contributed by atoms with van der Waals surface area (Å²) in [7, 11) is 0. The lowest BCUT2D eigenvalue weighted by Gasteiger charge is -2.07. The van der Waals surface area contributed by atoms with Gasteiger partial charge in [0.25, 0.3) is 0 Å². The Kier molecular flexibility index (Phi) is 5.05. The number of aryl methyl sites for hydroxylation is 1. The third kappa shape index (κ3) is 3.73. The van der Waals surface area contributed by atoms with Gasteiger partial charge in [0.05, 0.1) is 5.56 Å². The zero-order valence-electron chi connectivity index (χ0n) is 8.85. The van der Waals surface area contributed by atoms with Crippen LogP contribution in [0.25, 0.3) is 0 Å². The summed E-state index contributed by atoms with van der Waals surface area (Å²) in [5, 5.41) is 0. The van der Waals surface area contributed by atoms with Gasteiger partial charge in [-0.15, -0.1) is 0 Å². The fraction of sp³-hybridized carbons (Fsp3) is 0.364. The van der Waals surface area contributed by atoms with Gasteiger partial charge in [-0.1, -0.05) is 19.9 Å². The Morgan fingerprint density at radius 1 is 1.20 bits per heavy atom. The van der Waals surface area contributed by atoms with Crippen LogP contribution in [0.15, 0.2) is 18.2 Å². The molecule has 0 aliphatic rings. The molecule has 0 amide bonds. The molecule has 1 aromatic rings. The predicted octanol–water partition coefficient (Wildman–Crippen LogP) is 3.85. The molecule has 15 heavy (non-hydrogen) atoms. The summed E-state index contributed by atoms with van der Waals surface area (Å²) in [4.78, 5) is 10.3. The van der Waals surface area contributed by atoms with E-state index in [1.54, 1.807) is 6.92 Å². The lowest BCUT2D eigenvalue weighted by atomic mass is 10.1. The Balaban J connectivity index is 0.000000921. The van der Waals surface area contributed by atoms with E-state index in [-0.39, 0.29) is 5.56 Å². The molecule has 0 bridgehead atoms. The molecular weight excluding hydrogens is 205 g/mol. The summed E-state index contributed by atoms with van der Waals surface area (Å²) in [5.41, 5.74) is -0.168. The quantitative estimate of drug-likeness (QED) is 0.654. The fourth-order valence-electron chi connectivity index (χ4n) is 0.944. The Hall–Kier alpha value is -1.32. The smallest absolute Gasteiger partial charge is 0.298 e. The average molecular weight is 218 g/mol. The Morgan fingerprint density at radius 3 is 2.13 bits per heavy atom. The molecule has 0 aromatic heterocycles. The van der Waals surface area contributed by atoms with E-state index in [4.69, 9.17) is 0 Å². The van der Waals surface area contributed by atoms with Crippen molar-refractivity contribution >= 4 is 6.29 Å². The van der Waals surface area contributed by atoms with Crippen molar-refractivity contribution in [2.75, 3.05) is 0 Å². The van der Waals surface area contributed by atoms with Gasteiger partial charge >= 0.3 is 6.18 Å². The molecule has 0 fully saturated rings. The highest BCUT2D eigenvalue weighted by molar-refractivity contribution is 5.77. The second-order valence-corrected chi connectivity index (χ2v) is 2.69. The summed E-state index contributed by atoms with van der Waals surface area (Å²) in [5.74, 6) is 0. The molecule has 84 valence electrons. The van der Waals surface area contributed by atoms with Crippen LogP contribution >= 0.6 is 0 Å². The Bertz CT molecular complexity index is 329. The van der Waals surface area contributed by atoms with Crippen LogP contribution in [0.5, 0.6) is 0 Å². The minimum atomic E-state index is -4.38. The third-order valence-corrected chi connectivity index (χ3v) is 1.73. The number of benzene rings is 1. The van der Waals surface area contributed by atoms with E-state index < -0.39 is 11.7 Å². The van der Waals surface area contributed by atoms with E-state index in [2.05, 4.69) is 0 Å². The van der Waals surface area contributed by atoms with Crippen LogP contribution in [0.4, 0.5) is 13.2 Å². The monoisotopic (exact) mass is 218 g/mol. The van der Waals surface area contributed by atoms with E-state index >= 15 is 0 Å². The maximum absolute atomic E-state index is 12.1. The van der Waals surface area contributed by atoms with E-state index in [0.29, 0.717) is 11.8 Å². The van der Waals surface area contributed by atoms with Gasteiger partial charge in [-0.25, -0.2) is 0 Å². The summed E-state index contributed by atoms with van der Waals surface area (Å²) < 4.78 is 36.4. The molecule has 0 spiro atoms. The summed E-state index contributed by atoms with van der Waals surface area (Å²) in [6.45, 7) is 5.59. The minimum Gasteiger partial charge on any atom is -0.298 e. The van der Waals surface area contributed by atoms with Crippen LogP contribution in [0.3, 0.4) is 0 Å². The van der Waals surface area contributed by atoms with Crippen LogP contribution in [0, 0.1) is 6.92 Å². The molecule has 0 atom stereocenters. The van der Waals surface area contributed by atoms with Gasteiger partial charge in [0.15, 0.2) is 0 Å². The summed E-state index contributed by atoms with van der Waals surface area (Å²) in [6, 6.07) is 3.09. The second kappa shape index (κ2) is 5.53. The van der Waals surface area contributed by atoms with E-state index in [1.165, 1.54) is 6.07 Å². The van der Waals surface area contributed by atoms with Crippen molar-refractivity contribution in [3.63, 3.8) is 0 Å². The predicted molar refractivity (Wildman–Crippen MR) is 52.9 cm³/mol. The number of rotatable bonds is 1. The first-order valence-corrected chi connectivity index (χ1v) is 4.58. The van der Waals surface area contributed by atoms with Gasteiger partial charge in [0.2, 0.25) is 0 Å². The van der Waals surface area contributed by atoms with Crippen molar-refractivity contribution in [1.29, 1.82) is 0 Å². The van der Waals surface area contributed by atoms with Crippen molar-refractivity contribution in [2.45, 2.75) is 26.9 Å². The van der Waals surface area contributed by atoms with E-state index in [9.17, 15) is 18.0 Å². The number of carbonyl (C=O) groups is 1. The van der Waals surface area contributed by atoms with Crippen LogP contribution in [0.2, 0.25) is 0 Å². The van der Waals surface area contributed by atoms with Crippen molar-refractivity contribution in [1.82, 2.24) is 0 Å². The second-order valence-electron chi connectivity index (χ2n) is 2.69. The fourth-order valence-corrected chi connectivity index (χ4v) is 0.944. The topological polar surface area (TPSA) is 17.1 Å². The first kappa shape index (κ1) is 13.7. The van der Waals surface area contributed by atoms with Gasteiger partial charge in [-0.2, -0.15) is 13.2 Å². The molecule has 0 N–H and O–H groups in total. The molecule has 0 aliphatic heterocycles. The SMILES string of the molecule is CC.Cc1ccc(C(F)(F)F)cc1C=O. The largest absolute Gasteiger partial charge is 0.416 e. The number of halogens is 3. The molecule has 4 heteroatoms. The standard InChI is InChI=1S/C9H7F3O.C2H6/c1-6-2-3-8(9(10,11)12)4-7(6)5-13;1-2/h2-5H,1H3;1-2H3. The summed E-state index contributed by atoms with van der Waals surface area (Å²) >= 11 is 0. The van der Waals surface area contributed by atoms with Crippen molar-refractivity contribution in [3.8, 4) is 0 Å². The lowest BCUT2D eigenvalue weighted by Crippen LogP contribution is -2.05. The van der Waals surface area contributed by atoms with Gasteiger partial charge < -0.3 is 0 Å².